The van der Waals surface area contributed by atoms with Gasteiger partial charge in [0.15, 0.2) is 0 Å². The number of esters is 2. The van der Waals surface area contributed by atoms with Crippen molar-refractivity contribution in [3.63, 3.8) is 0 Å². The predicted molar refractivity (Wildman–Crippen MR) is 259 cm³/mol. The zero-order valence-corrected chi connectivity index (χ0v) is 40.0. The summed E-state index contributed by atoms with van der Waals surface area (Å²) in [5, 5.41) is 0. The number of allylic oxidation sites excluding steroid dienone is 8. The third kappa shape index (κ3) is 35.9. The van der Waals surface area contributed by atoms with Crippen LogP contribution >= 0.6 is 0 Å². The summed E-state index contributed by atoms with van der Waals surface area (Å²) < 4.78 is 23.4. The molecule has 0 aromatic heterocycles. The average Bonchev–Trinajstić information content (AvgIpc) is 3.24. The molecule has 0 fully saturated rings. The number of hydrogen-bond donors (Lipinski definition) is 0. The van der Waals surface area contributed by atoms with Crippen LogP contribution in [0.4, 0.5) is 0 Å². The highest BCUT2D eigenvalue weighted by molar-refractivity contribution is 5.69. The molecule has 61 heavy (non-hydrogen) atoms. The van der Waals surface area contributed by atoms with Crippen LogP contribution in [-0.4, -0.2) is 57.4 Å². The van der Waals surface area contributed by atoms with Crippen molar-refractivity contribution in [1.82, 2.24) is 4.90 Å². The molecule has 0 amide bonds. The van der Waals surface area contributed by atoms with Crippen molar-refractivity contribution in [2.75, 3.05) is 40.5 Å². The second-order valence-electron chi connectivity index (χ2n) is 17.0. The molecule has 348 valence electrons. The van der Waals surface area contributed by atoms with E-state index in [-0.39, 0.29) is 11.9 Å². The quantitative estimate of drug-likeness (QED) is 0.0368. The molecule has 1 rings (SSSR count). The van der Waals surface area contributed by atoms with Crippen LogP contribution < -0.4 is 9.47 Å². The number of carbonyl (C=O) groups is 2. The van der Waals surface area contributed by atoms with Crippen LogP contribution in [0.15, 0.2) is 60.7 Å². The first-order chi connectivity index (χ1) is 29.9. The van der Waals surface area contributed by atoms with Crippen molar-refractivity contribution in [1.29, 1.82) is 0 Å². The largest absolute Gasteiger partial charge is 0.493 e. The highest BCUT2D eigenvalue weighted by Crippen LogP contribution is 2.31. The summed E-state index contributed by atoms with van der Waals surface area (Å²) in [6.45, 7) is 9.27. The monoisotopic (exact) mass is 850 g/mol. The van der Waals surface area contributed by atoms with Gasteiger partial charge in [0.2, 0.25) is 0 Å². The van der Waals surface area contributed by atoms with Gasteiger partial charge in [-0.05, 0) is 141 Å². The van der Waals surface area contributed by atoms with Crippen LogP contribution in [0.2, 0.25) is 0 Å². The molecule has 0 N–H and O–H groups in total. The Morgan fingerprint density at radius 2 is 0.836 bits per heavy atom. The summed E-state index contributed by atoms with van der Waals surface area (Å²) in [5.74, 6) is 1.47. The molecule has 0 aliphatic carbocycles. The highest BCUT2D eigenvalue weighted by atomic mass is 16.5. The normalized spacial score (nSPS) is 11.9. The SMILES string of the molecule is CCCCC/C=C\C/C=C\CCCCCCCC(=O)OCCCCOc1cc(CN(C)C)cc(OCCCCOC(=O)CCCCCCC/C=C\C/C=C\CCCCC)c1C. The van der Waals surface area contributed by atoms with E-state index >= 15 is 0 Å². The van der Waals surface area contributed by atoms with Gasteiger partial charge in [0.25, 0.3) is 0 Å². The minimum absolute atomic E-state index is 0.0915. The Hall–Kier alpha value is -3.32. The maximum atomic E-state index is 12.2. The standard InChI is InChI=1S/C54H91NO6/c1-6-8-10-12-14-16-18-20-22-24-26-28-30-32-34-40-53(56)60-44-38-36-42-58-51-46-50(48-55(4)5)47-52(49(51)3)59-43-37-39-45-61-54(57)41-35-33-31-29-27-25-23-21-19-17-15-13-11-9-7-2/h14-17,20-23,46-47H,6-13,18-19,24-45,48H2,1-5H3/b16-14-,17-15-,22-20-,23-21-. The average molecular weight is 850 g/mol. The van der Waals surface area contributed by atoms with Crippen molar-refractivity contribution in [2.45, 2.75) is 207 Å². The number of ether oxygens (including phenoxy) is 4. The smallest absolute Gasteiger partial charge is 0.305 e. The molecule has 0 spiro atoms. The number of benzene rings is 1. The molecule has 1 aromatic carbocycles. The topological polar surface area (TPSA) is 74.3 Å². The van der Waals surface area contributed by atoms with E-state index in [1.807, 2.05) is 6.92 Å². The first-order valence-corrected chi connectivity index (χ1v) is 24.8. The number of nitrogens with zero attached hydrogens (tertiary/aromatic N) is 1. The van der Waals surface area contributed by atoms with E-state index in [2.05, 4.69) is 93.6 Å². The molecule has 1 aromatic rings. The lowest BCUT2D eigenvalue weighted by atomic mass is 10.1. The number of hydrogen-bond acceptors (Lipinski definition) is 7. The number of unbranched alkanes of at least 4 members (excludes halogenated alkanes) is 18. The van der Waals surface area contributed by atoms with Crippen LogP contribution in [-0.2, 0) is 25.6 Å². The van der Waals surface area contributed by atoms with Crippen molar-refractivity contribution in [2.24, 2.45) is 0 Å². The molecule has 0 atom stereocenters. The third-order valence-electron chi connectivity index (χ3n) is 10.7. The molecule has 0 radical (unpaired) electrons. The van der Waals surface area contributed by atoms with E-state index in [9.17, 15) is 9.59 Å². The van der Waals surface area contributed by atoms with Crippen LogP contribution in [0.5, 0.6) is 11.5 Å². The van der Waals surface area contributed by atoms with Gasteiger partial charge in [-0.15, -0.1) is 0 Å². The minimum Gasteiger partial charge on any atom is -0.493 e. The Labute approximate surface area is 375 Å². The van der Waals surface area contributed by atoms with E-state index in [0.717, 1.165) is 106 Å². The predicted octanol–water partition coefficient (Wildman–Crippen LogP) is 15.1. The number of carbonyl (C=O) groups excluding carboxylic acids is 2. The van der Waals surface area contributed by atoms with Crippen LogP contribution in [0, 0.1) is 6.92 Å². The van der Waals surface area contributed by atoms with E-state index in [1.165, 1.54) is 89.9 Å². The van der Waals surface area contributed by atoms with Crippen molar-refractivity contribution in [3.8, 4) is 11.5 Å². The van der Waals surface area contributed by atoms with Gasteiger partial charge in [0, 0.05) is 24.9 Å². The molecule has 7 heteroatoms. The Kier molecular flexibility index (Phi) is 38.4. The first kappa shape index (κ1) is 55.7. The summed E-state index contributed by atoms with van der Waals surface area (Å²) in [6, 6.07) is 4.20. The molecule has 0 aliphatic rings. The fraction of sp³-hybridized carbons (Fsp3) is 0.704. The summed E-state index contributed by atoms with van der Waals surface area (Å²) in [4.78, 5) is 26.6. The van der Waals surface area contributed by atoms with Crippen molar-refractivity contribution >= 4 is 11.9 Å². The third-order valence-corrected chi connectivity index (χ3v) is 10.7. The lowest BCUT2D eigenvalue weighted by molar-refractivity contribution is -0.144. The Morgan fingerprint density at radius 3 is 1.23 bits per heavy atom. The van der Waals surface area contributed by atoms with Gasteiger partial charge in [-0.2, -0.15) is 0 Å². The molecular formula is C54H91NO6. The Morgan fingerprint density at radius 1 is 0.475 bits per heavy atom. The molecule has 0 heterocycles. The first-order valence-electron chi connectivity index (χ1n) is 24.8. The zero-order chi connectivity index (χ0) is 44.3. The summed E-state index contributed by atoms with van der Waals surface area (Å²) in [7, 11) is 4.10. The second kappa shape index (κ2) is 42.0. The fourth-order valence-electron chi connectivity index (χ4n) is 6.92. The molecule has 0 saturated carbocycles. The van der Waals surface area contributed by atoms with E-state index in [4.69, 9.17) is 18.9 Å². The van der Waals surface area contributed by atoms with Gasteiger partial charge in [-0.1, -0.05) is 127 Å². The fourth-order valence-corrected chi connectivity index (χ4v) is 6.92. The minimum atomic E-state index is -0.0915. The number of rotatable bonds is 42. The molecular weight excluding hydrogens is 759 g/mol. The Balaban J connectivity index is 2.16. The lowest BCUT2D eigenvalue weighted by Crippen LogP contribution is -2.12. The zero-order valence-electron chi connectivity index (χ0n) is 40.0. The van der Waals surface area contributed by atoms with Gasteiger partial charge >= 0.3 is 11.9 Å². The Bertz CT molecular complexity index is 1220. The maximum Gasteiger partial charge on any atom is 0.305 e. The molecule has 0 aliphatic heterocycles. The molecule has 0 unspecified atom stereocenters. The second-order valence-corrected chi connectivity index (χ2v) is 17.0. The molecule has 0 saturated heterocycles. The van der Waals surface area contributed by atoms with Gasteiger partial charge in [-0.25, -0.2) is 0 Å². The van der Waals surface area contributed by atoms with E-state index < -0.39 is 0 Å². The molecule has 0 bridgehead atoms. The lowest BCUT2D eigenvalue weighted by Gasteiger charge is -2.18. The van der Waals surface area contributed by atoms with Gasteiger partial charge in [0.05, 0.1) is 26.4 Å². The summed E-state index contributed by atoms with van der Waals surface area (Å²) >= 11 is 0. The maximum absolute atomic E-state index is 12.2. The van der Waals surface area contributed by atoms with Crippen molar-refractivity contribution in [3.05, 3.63) is 71.9 Å². The van der Waals surface area contributed by atoms with Gasteiger partial charge in [-0.3, -0.25) is 9.59 Å². The summed E-state index contributed by atoms with van der Waals surface area (Å²) in [6.07, 6.45) is 48.3. The van der Waals surface area contributed by atoms with Gasteiger partial charge in [0.1, 0.15) is 11.5 Å². The molecule has 7 nitrogen and oxygen atoms in total. The highest BCUT2D eigenvalue weighted by Gasteiger charge is 2.12. The summed E-state index contributed by atoms with van der Waals surface area (Å²) in [5.41, 5.74) is 2.11. The van der Waals surface area contributed by atoms with E-state index in [0.29, 0.717) is 39.3 Å². The van der Waals surface area contributed by atoms with Crippen LogP contribution in [0.3, 0.4) is 0 Å². The van der Waals surface area contributed by atoms with Crippen molar-refractivity contribution < 1.29 is 28.5 Å². The van der Waals surface area contributed by atoms with E-state index in [1.54, 1.807) is 0 Å². The van der Waals surface area contributed by atoms with Crippen LogP contribution in [0.25, 0.3) is 0 Å². The van der Waals surface area contributed by atoms with Gasteiger partial charge < -0.3 is 23.8 Å². The van der Waals surface area contributed by atoms with Crippen LogP contribution in [0.1, 0.15) is 205 Å².